The monoisotopic (exact) mass is 732 g/mol. The van der Waals surface area contributed by atoms with Crippen molar-refractivity contribution in [3.8, 4) is 11.1 Å². The van der Waals surface area contributed by atoms with Gasteiger partial charge in [0.1, 0.15) is 0 Å². The lowest BCUT2D eigenvalue weighted by molar-refractivity contribution is 0.730. The van der Waals surface area contributed by atoms with Crippen LogP contribution in [0.4, 0.5) is 34.1 Å². The van der Waals surface area contributed by atoms with Crippen molar-refractivity contribution in [1.29, 1.82) is 0 Å². The van der Waals surface area contributed by atoms with Crippen LogP contribution in [0.3, 0.4) is 0 Å². The molecule has 9 aromatic rings. The van der Waals surface area contributed by atoms with Gasteiger partial charge in [0.05, 0.1) is 11.1 Å². The van der Waals surface area contributed by atoms with Gasteiger partial charge in [-0.25, -0.2) is 0 Å². The Morgan fingerprint density at radius 2 is 0.893 bits per heavy atom. The van der Waals surface area contributed by atoms with Gasteiger partial charge >= 0.3 is 0 Å². The van der Waals surface area contributed by atoms with E-state index in [0.717, 1.165) is 28.4 Å². The number of benzene rings is 9. The summed E-state index contributed by atoms with van der Waals surface area (Å²) >= 11 is 1.90. The second-order valence-electron chi connectivity index (χ2n) is 14.5. The highest BCUT2D eigenvalue weighted by Gasteiger charge is 2.52. The van der Waals surface area contributed by atoms with Gasteiger partial charge in [-0.15, -0.1) is 0 Å². The van der Waals surface area contributed by atoms with Crippen molar-refractivity contribution in [2.75, 3.05) is 9.80 Å². The molecule has 2 aliphatic rings. The number of nitrogens with zero attached hydrogens (tertiary/aromatic N) is 2. The first-order chi connectivity index (χ1) is 27.8. The predicted molar refractivity (Wildman–Crippen MR) is 235 cm³/mol. The molecule has 1 atom stereocenters. The van der Waals surface area contributed by atoms with Crippen molar-refractivity contribution >= 4 is 56.7 Å². The van der Waals surface area contributed by atoms with Gasteiger partial charge in [0.15, 0.2) is 0 Å². The lowest BCUT2D eigenvalue weighted by atomic mass is 9.66. The summed E-state index contributed by atoms with van der Waals surface area (Å²) in [6.45, 7) is 0. The molecular formula is C53H36N2S. The van der Waals surface area contributed by atoms with Crippen molar-refractivity contribution in [3.05, 3.63) is 241 Å². The van der Waals surface area contributed by atoms with Gasteiger partial charge in [0, 0.05) is 38.2 Å². The third-order valence-electron chi connectivity index (χ3n) is 11.5. The zero-order valence-electron chi connectivity index (χ0n) is 30.6. The largest absolute Gasteiger partial charge is 0.310 e. The van der Waals surface area contributed by atoms with Crippen LogP contribution in [-0.4, -0.2) is 0 Å². The fourth-order valence-corrected chi connectivity index (χ4v) is 10.5. The molecule has 2 nitrogen and oxygen atoms in total. The molecule has 1 heterocycles. The van der Waals surface area contributed by atoms with Crippen molar-refractivity contribution in [1.82, 2.24) is 0 Å². The highest BCUT2D eigenvalue weighted by Crippen LogP contribution is 2.65. The SMILES string of the molecule is c1ccc(N(c2ccccc2)c2ccc3c(c2)C2(c4ccccc4-3)c3cccc(N(c4ccccc4)c4ccccc4)c3Sc3ccc4ccccc4c32)cc1. The van der Waals surface area contributed by atoms with Gasteiger partial charge in [-0.3, -0.25) is 0 Å². The maximum absolute atomic E-state index is 2.49. The van der Waals surface area contributed by atoms with Crippen LogP contribution < -0.4 is 9.80 Å². The molecule has 0 N–H and O–H groups in total. The summed E-state index contributed by atoms with van der Waals surface area (Å²) in [6, 6.07) is 79.9. The van der Waals surface area contributed by atoms with E-state index in [0.29, 0.717) is 0 Å². The lowest BCUT2D eigenvalue weighted by Crippen LogP contribution is -2.33. The molecule has 11 rings (SSSR count). The molecular weight excluding hydrogens is 697 g/mol. The van der Waals surface area contributed by atoms with E-state index >= 15 is 0 Å². The van der Waals surface area contributed by atoms with Gasteiger partial charge < -0.3 is 9.80 Å². The van der Waals surface area contributed by atoms with Crippen LogP contribution in [0.2, 0.25) is 0 Å². The molecule has 0 saturated heterocycles. The van der Waals surface area contributed by atoms with Crippen LogP contribution >= 0.6 is 11.8 Å². The van der Waals surface area contributed by atoms with Crippen LogP contribution in [0.1, 0.15) is 22.3 Å². The minimum Gasteiger partial charge on any atom is -0.310 e. The average molecular weight is 733 g/mol. The molecule has 264 valence electrons. The topological polar surface area (TPSA) is 6.48 Å². The van der Waals surface area contributed by atoms with E-state index in [-0.39, 0.29) is 0 Å². The Morgan fingerprint density at radius 1 is 0.357 bits per heavy atom. The molecule has 1 aliphatic heterocycles. The standard InChI is InChI=1S/C53H36N2S/c1-5-19-38(20-6-1)54(39-21-7-2-8-22-39)42-33-34-45-44-28-15-16-29-46(44)53(48(45)36-42)47-30-17-31-49(55(40-23-9-3-10-24-40)41-25-11-4-12-26-41)52(47)56-50-35-32-37-18-13-14-27-43(37)51(50)53/h1-36H. The molecule has 56 heavy (non-hydrogen) atoms. The molecule has 1 spiro atoms. The van der Waals surface area contributed by atoms with Crippen LogP contribution in [-0.2, 0) is 5.41 Å². The fraction of sp³-hybridized carbons (Fsp3) is 0.0189. The van der Waals surface area contributed by atoms with Crippen LogP contribution in [0, 0.1) is 0 Å². The molecule has 0 amide bonds. The molecule has 0 saturated carbocycles. The van der Waals surface area contributed by atoms with Gasteiger partial charge in [0.25, 0.3) is 0 Å². The van der Waals surface area contributed by atoms with E-state index in [9.17, 15) is 0 Å². The maximum Gasteiger partial charge on any atom is 0.0743 e. The molecule has 0 bridgehead atoms. The second-order valence-corrected chi connectivity index (χ2v) is 15.5. The summed E-state index contributed by atoms with van der Waals surface area (Å²) in [7, 11) is 0. The molecule has 3 heteroatoms. The molecule has 0 radical (unpaired) electrons. The van der Waals surface area contributed by atoms with Gasteiger partial charge in [-0.2, -0.15) is 0 Å². The highest BCUT2D eigenvalue weighted by atomic mass is 32.2. The van der Waals surface area contributed by atoms with Gasteiger partial charge in [0.2, 0.25) is 0 Å². The molecule has 0 aromatic heterocycles. The van der Waals surface area contributed by atoms with Crippen molar-refractivity contribution in [3.63, 3.8) is 0 Å². The van der Waals surface area contributed by atoms with Crippen molar-refractivity contribution in [2.24, 2.45) is 0 Å². The minimum absolute atomic E-state index is 0.604. The second kappa shape index (κ2) is 13.2. The van der Waals surface area contributed by atoms with Crippen LogP contribution in [0.5, 0.6) is 0 Å². The maximum atomic E-state index is 2.49. The Balaban J connectivity index is 1.26. The van der Waals surface area contributed by atoms with Crippen LogP contribution in [0.25, 0.3) is 21.9 Å². The van der Waals surface area contributed by atoms with E-state index < -0.39 is 5.41 Å². The minimum atomic E-state index is -0.604. The number of hydrogen-bond acceptors (Lipinski definition) is 3. The third-order valence-corrected chi connectivity index (χ3v) is 12.7. The third kappa shape index (κ3) is 4.91. The zero-order valence-corrected chi connectivity index (χ0v) is 31.4. The van der Waals surface area contributed by atoms with E-state index in [2.05, 4.69) is 228 Å². The number of anilines is 6. The first-order valence-corrected chi connectivity index (χ1v) is 20.0. The number of rotatable bonds is 6. The molecule has 0 fully saturated rings. The van der Waals surface area contributed by atoms with E-state index in [1.54, 1.807) is 0 Å². The molecule has 9 aromatic carbocycles. The molecule has 1 unspecified atom stereocenters. The Kier molecular flexibility index (Phi) is 7.68. The Bertz CT molecular complexity index is 2810. The number of hydrogen-bond donors (Lipinski definition) is 0. The summed E-state index contributed by atoms with van der Waals surface area (Å²) < 4.78 is 0. The normalized spacial score (nSPS) is 14.8. The summed E-state index contributed by atoms with van der Waals surface area (Å²) in [5.41, 5.74) is 14.0. The fourth-order valence-electron chi connectivity index (χ4n) is 9.22. The smallest absolute Gasteiger partial charge is 0.0743 e. The highest BCUT2D eigenvalue weighted by molar-refractivity contribution is 7.99. The van der Waals surface area contributed by atoms with Gasteiger partial charge in [-0.1, -0.05) is 157 Å². The quantitative estimate of drug-likeness (QED) is 0.168. The number of para-hydroxylation sites is 4. The summed E-state index contributed by atoms with van der Waals surface area (Å²) in [4.78, 5) is 7.36. The first-order valence-electron chi connectivity index (χ1n) is 19.2. The first kappa shape index (κ1) is 32.6. The van der Waals surface area contributed by atoms with Crippen molar-refractivity contribution in [2.45, 2.75) is 15.2 Å². The van der Waals surface area contributed by atoms with E-state index in [1.807, 2.05) is 11.8 Å². The van der Waals surface area contributed by atoms with E-state index in [4.69, 9.17) is 0 Å². The number of fused-ring (bicyclic) bond motifs is 11. The Hall–Kier alpha value is -6.81. The summed E-state index contributed by atoms with van der Waals surface area (Å²) in [6.07, 6.45) is 0. The lowest BCUT2D eigenvalue weighted by Gasteiger charge is -2.42. The molecule has 1 aliphatic carbocycles. The predicted octanol–water partition coefficient (Wildman–Crippen LogP) is 14.6. The zero-order chi connectivity index (χ0) is 37.1. The van der Waals surface area contributed by atoms with Crippen LogP contribution in [0.15, 0.2) is 228 Å². The van der Waals surface area contributed by atoms with Gasteiger partial charge in [-0.05, 0) is 117 Å². The summed E-state index contributed by atoms with van der Waals surface area (Å²) in [5, 5.41) is 2.53. The average Bonchev–Trinajstić information content (AvgIpc) is 3.55. The van der Waals surface area contributed by atoms with E-state index in [1.165, 1.54) is 59.6 Å². The Morgan fingerprint density at radius 3 is 1.55 bits per heavy atom. The Labute approximate surface area is 332 Å². The summed E-state index contributed by atoms with van der Waals surface area (Å²) in [5.74, 6) is 0. The van der Waals surface area contributed by atoms with Crippen molar-refractivity contribution < 1.29 is 0 Å².